The van der Waals surface area contributed by atoms with Gasteiger partial charge in [-0.05, 0) is 18.4 Å². The fourth-order valence-corrected chi connectivity index (χ4v) is 1.43. The lowest BCUT2D eigenvalue weighted by molar-refractivity contribution is -0.384. The summed E-state index contributed by atoms with van der Waals surface area (Å²) < 4.78 is 5.43. The van der Waals surface area contributed by atoms with E-state index in [1.807, 2.05) is 0 Å². The Labute approximate surface area is 112 Å². The molecule has 0 saturated carbocycles. The first kappa shape index (κ1) is 15.2. The Hall–Kier alpha value is -1.89. The summed E-state index contributed by atoms with van der Waals surface area (Å²) >= 11 is 0. The molecule has 1 aromatic rings. The number of hydrogen-bond acceptors (Lipinski definition) is 6. The highest BCUT2D eigenvalue weighted by molar-refractivity contribution is 5.57. The summed E-state index contributed by atoms with van der Waals surface area (Å²) in [5, 5.41) is 13.6. The highest BCUT2D eigenvalue weighted by atomic mass is 16.6. The Morgan fingerprint density at radius 1 is 1.53 bits per heavy atom. The number of ether oxygens (including phenoxy) is 1. The Balaban J connectivity index is 2.30. The van der Waals surface area contributed by atoms with Gasteiger partial charge in [-0.1, -0.05) is 13.8 Å². The lowest BCUT2D eigenvalue weighted by Crippen LogP contribution is -2.10. The molecule has 0 saturated heterocycles. The van der Waals surface area contributed by atoms with E-state index in [0.717, 1.165) is 13.0 Å². The molecule has 3 N–H and O–H groups in total. The number of pyridine rings is 1. The van der Waals surface area contributed by atoms with E-state index < -0.39 is 4.92 Å². The maximum absolute atomic E-state index is 10.6. The van der Waals surface area contributed by atoms with Crippen molar-refractivity contribution in [3.05, 3.63) is 22.2 Å². The van der Waals surface area contributed by atoms with Crippen LogP contribution in [0.2, 0.25) is 0 Å². The molecule has 0 amide bonds. The number of nitro groups is 1. The molecule has 0 fully saturated rings. The molecule has 19 heavy (non-hydrogen) atoms. The molecule has 0 unspecified atom stereocenters. The number of anilines is 2. The summed E-state index contributed by atoms with van der Waals surface area (Å²) in [5.74, 6) is 0.988. The van der Waals surface area contributed by atoms with Gasteiger partial charge >= 0.3 is 5.69 Å². The second kappa shape index (κ2) is 7.52. The fourth-order valence-electron chi connectivity index (χ4n) is 1.43. The molecule has 7 heteroatoms. The van der Waals surface area contributed by atoms with Crippen molar-refractivity contribution in [1.82, 2.24) is 4.98 Å². The van der Waals surface area contributed by atoms with Gasteiger partial charge in [-0.3, -0.25) is 10.1 Å². The van der Waals surface area contributed by atoms with Crippen LogP contribution in [-0.2, 0) is 4.74 Å². The van der Waals surface area contributed by atoms with Crippen molar-refractivity contribution in [3.63, 3.8) is 0 Å². The first-order valence-corrected chi connectivity index (χ1v) is 6.23. The van der Waals surface area contributed by atoms with E-state index in [1.54, 1.807) is 6.07 Å². The zero-order valence-corrected chi connectivity index (χ0v) is 11.3. The van der Waals surface area contributed by atoms with Gasteiger partial charge in [-0.2, -0.15) is 0 Å². The number of hydrogen-bond donors (Lipinski definition) is 2. The highest BCUT2D eigenvalue weighted by Crippen LogP contribution is 2.20. The third kappa shape index (κ3) is 5.52. The summed E-state index contributed by atoms with van der Waals surface area (Å²) in [6, 6.07) is 2.89. The van der Waals surface area contributed by atoms with Crippen LogP contribution in [0.3, 0.4) is 0 Å². The van der Waals surface area contributed by atoms with Crippen molar-refractivity contribution in [2.75, 3.05) is 30.8 Å². The summed E-state index contributed by atoms with van der Waals surface area (Å²) in [5.41, 5.74) is 5.31. The summed E-state index contributed by atoms with van der Waals surface area (Å²) in [6.45, 7) is 6.31. The zero-order chi connectivity index (χ0) is 14.3. The van der Waals surface area contributed by atoms with E-state index in [0.29, 0.717) is 24.9 Å². The van der Waals surface area contributed by atoms with Gasteiger partial charge in [0.2, 0.25) is 5.82 Å². The van der Waals surface area contributed by atoms with Crippen molar-refractivity contribution in [2.24, 2.45) is 5.92 Å². The Morgan fingerprint density at radius 3 is 2.84 bits per heavy atom. The van der Waals surface area contributed by atoms with Crippen LogP contribution < -0.4 is 11.1 Å². The van der Waals surface area contributed by atoms with Crippen LogP contribution in [-0.4, -0.2) is 29.7 Å². The van der Waals surface area contributed by atoms with Gasteiger partial charge in [0.05, 0.1) is 4.92 Å². The summed E-state index contributed by atoms with van der Waals surface area (Å²) in [6.07, 6.45) is 0.839. The molecule has 0 bridgehead atoms. The average molecular weight is 268 g/mol. The van der Waals surface area contributed by atoms with Crippen molar-refractivity contribution < 1.29 is 9.66 Å². The normalized spacial score (nSPS) is 10.7. The SMILES string of the molecule is CC(C)COCCCNc1ccc([N+](=O)[O-])c(N)n1. The molecule has 0 aromatic carbocycles. The molecule has 0 radical (unpaired) electrons. The minimum Gasteiger partial charge on any atom is -0.381 e. The first-order valence-electron chi connectivity index (χ1n) is 6.23. The minimum atomic E-state index is -0.550. The van der Waals surface area contributed by atoms with Gasteiger partial charge in [0.15, 0.2) is 0 Å². The van der Waals surface area contributed by atoms with Gasteiger partial charge in [-0.15, -0.1) is 0 Å². The largest absolute Gasteiger partial charge is 0.381 e. The zero-order valence-electron chi connectivity index (χ0n) is 11.3. The molecule has 0 aliphatic heterocycles. The number of nitrogens with two attached hydrogens (primary N) is 1. The highest BCUT2D eigenvalue weighted by Gasteiger charge is 2.12. The third-order valence-electron chi connectivity index (χ3n) is 2.32. The molecule has 0 atom stereocenters. The molecule has 0 spiro atoms. The van der Waals surface area contributed by atoms with Crippen molar-refractivity contribution in [2.45, 2.75) is 20.3 Å². The van der Waals surface area contributed by atoms with Crippen molar-refractivity contribution in [3.8, 4) is 0 Å². The van der Waals surface area contributed by atoms with Gasteiger partial charge in [0, 0.05) is 25.8 Å². The van der Waals surface area contributed by atoms with Crippen LogP contribution in [0.4, 0.5) is 17.3 Å². The maximum Gasteiger partial charge on any atom is 0.311 e. The van der Waals surface area contributed by atoms with Gasteiger partial charge in [0.25, 0.3) is 0 Å². The van der Waals surface area contributed by atoms with E-state index in [1.165, 1.54) is 6.07 Å². The number of nitrogens with one attached hydrogen (secondary N) is 1. The third-order valence-corrected chi connectivity index (χ3v) is 2.32. The summed E-state index contributed by atoms with van der Waals surface area (Å²) in [4.78, 5) is 13.9. The quantitative estimate of drug-likeness (QED) is 0.425. The van der Waals surface area contributed by atoms with Crippen LogP contribution in [0.5, 0.6) is 0 Å². The van der Waals surface area contributed by atoms with E-state index in [-0.39, 0.29) is 11.5 Å². The van der Waals surface area contributed by atoms with Crippen LogP contribution in [0.15, 0.2) is 12.1 Å². The van der Waals surface area contributed by atoms with Gasteiger partial charge in [-0.25, -0.2) is 4.98 Å². The monoisotopic (exact) mass is 268 g/mol. The molecular weight excluding hydrogens is 248 g/mol. The molecule has 106 valence electrons. The molecule has 7 nitrogen and oxygen atoms in total. The number of aromatic nitrogens is 1. The Morgan fingerprint density at radius 2 is 2.26 bits per heavy atom. The van der Waals surface area contributed by atoms with E-state index in [2.05, 4.69) is 24.1 Å². The minimum absolute atomic E-state index is 0.0777. The smallest absolute Gasteiger partial charge is 0.311 e. The predicted octanol–water partition coefficient (Wildman–Crippen LogP) is 2.05. The Kier molecular flexibility index (Phi) is 6.01. The topological polar surface area (TPSA) is 103 Å². The molecule has 1 aromatic heterocycles. The molecule has 0 aliphatic carbocycles. The predicted molar refractivity (Wildman–Crippen MR) is 74.1 cm³/mol. The summed E-state index contributed by atoms with van der Waals surface area (Å²) in [7, 11) is 0. The fraction of sp³-hybridized carbons (Fsp3) is 0.583. The lowest BCUT2D eigenvalue weighted by Gasteiger charge is -2.08. The Bertz CT molecular complexity index is 423. The second-order valence-electron chi connectivity index (χ2n) is 4.61. The average Bonchev–Trinajstić information content (AvgIpc) is 2.32. The number of nitrogens with zero attached hydrogens (tertiary/aromatic N) is 2. The molecule has 1 rings (SSSR count). The number of rotatable bonds is 8. The molecule has 1 heterocycles. The van der Waals surface area contributed by atoms with Crippen LogP contribution in [0.1, 0.15) is 20.3 Å². The van der Waals surface area contributed by atoms with Crippen molar-refractivity contribution >= 4 is 17.3 Å². The van der Waals surface area contributed by atoms with Gasteiger partial charge in [0.1, 0.15) is 5.82 Å². The maximum atomic E-state index is 10.6. The van der Waals surface area contributed by atoms with E-state index in [9.17, 15) is 10.1 Å². The van der Waals surface area contributed by atoms with E-state index >= 15 is 0 Å². The lowest BCUT2D eigenvalue weighted by atomic mass is 10.2. The van der Waals surface area contributed by atoms with Crippen molar-refractivity contribution in [1.29, 1.82) is 0 Å². The van der Waals surface area contributed by atoms with Gasteiger partial charge < -0.3 is 15.8 Å². The molecule has 0 aliphatic rings. The first-order chi connectivity index (χ1) is 9.00. The van der Waals surface area contributed by atoms with Crippen LogP contribution in [0.25, 0.3) is 0 Å². The van der Waals surface area contributed by atoms with E-state index in [4.69, 9.17) is 10.5 Å². The second-order valence-corrected chi connectivity index (χ2v) is 4.61. The molecular formula is C12H20N4O3. The van der Waals surface area contributed by atoms with Crippen LogP contribution in [0, 0.1) is 16.0 Å². The number of nitrogen functional groups attached to an aromatic ring is 1. The standard InChI is InChI=1S/C12H20N4O3/c1-9(2)8-19-7-3-6-14-11-5-4-10(16(17)18)12(13)15-11/h4-5,9H,3,6-8H2,1-2H3,(H3,13,14,15). The van der Waals surface area contributed by atoms with Crippen LogP contribution >= 0.6 is 0 Å².